The van der Waals surface area contributed by atoms with Crippen LogP contribution in [0.25, 0.3) is 56.0 Å². The maximum absolute atomic E-state index is 14.0. The number of amides is 1. The predicted octanol–water partition coefficient (Wildman–Crippen LogP) is 5.81. The van der Waals surface area contributed by atoms with Gasteiger partial charge in [0.05, 0.1) is 34.1 Å². The Hall–Kier alpha value is -5.12. The highest BCUT2D eigenvalue weighted by Crippen LogP contribution is 2.34. The lowest BCUT2D eigenvalue weighted by Crippen LogP contribution is -2.28. The number of benzene rings is 2. The number of hydrogen-bond acceptors (Lipinski definition) is 6. The van der Waals surface area contributed by atoms with Crippen molar-refractivity contribution in [3.63, 3.8) is 0 Å². The number of aromatic amines is 2. The molecule has 6 aromatic rings. The van der Waals surface area contributed by atoms with Gasteiger partial charge in [-0.3, -0.25) is 14.9 Å². The number of rotatable bonds is 5. The third kappa shape index (κ3) is 4.15. The van der Waals surface area contributed by atoms with Crippen LogP contribution in [0.4, 0.5) is 10.1 Å². The zero-order valence-corrected chi connectivity index (χ0v) is 20.6. The van der Waals surface area contributed by atoms with Crippen molar-refractivity contribution in [2.75, 3.05) is 5.32 Å². The van der Waals surface area contributed by atoms with Crippen molar-refractivity contribution < 1.29 is 14.3 Å². The first kappa shape index (κ1) is 23.0. The summed E-state index contributed by atoms with van der Waals surface area (Å²) in [6.07, 6.45) is 6.28. The lowest BCUT2D eigenvalue weighted by molar-refractivity contribution is -0.122. The van der Waals surface area contributed by atoms with E-state index in [1.54, 1.807) is 12.4 Å². The molecule has 0 spiro atoms. The fourth-order valence-electron chi connectivity index (χ4n) is 4.89. The highest BCUT2D eigenvalue weighted by molar-refractivity contribution is 5.97. The van der Waals surface area contributed by atoms with Crippen LogP contribution in [0.15, 0.2) is 67.0 Å². The number of H-pyrrole nitrogens is 2. The van der Waals surface area contributed by atoms with Crippen LogP contribution < -0.4 is 5.32 Å². The van der Waals surface area contributed by atoms with Gasteiger partial charge in [0.2, 0.25) is 5.91 Å². The summed E-state index contributed by atoms with van der Waals surface area (Å²) in [6.45, 7) is 0. The molecule has 10 heteroatoms. The molecule has 4 heterocycles. The van der Waals surface area contributed by atoms with E-state index in [2.05, 4.69) is 25.5 Å². The highest BCUT2D eigenvalue weighted by Gasteiger charge is 2.25. The second kappa shape index (κ2) is 9.02. The number of halogens is 1. The average Bonchev–Trinajstić information content (AvgIpc) is 3.50. The minimum atomic E-state index is -0.533. The summed E-state index contributed by atoms with van der Waals surface area (Å²) >= 11 is 0. The molecule has 0 atom stereocenters. The molecule has 1 fully saturated rings. The molecule has 2 aromatic carbocycles. The summed E-state index contributed by atoms with van der Waals surface area (Å²) in [5.74, 6) is -0.0949. The Balaban J connectivity index is 1.27. The van der Waals surface area contributed by atoms with Crippen LogP contribution in [0.5, 0.6) is 5.75 Å². The van der Waals surface area contributed by atoms with E-state index >= 15 is 0 Å². The van der Waals surface area contributed by atoms with E-state index in [1.165, 1.54) is 12.1 Å². The van der Waals surface area contributed by atoms with Crippen molar-refractivity contribution in [3.8, 4) is 39.7 Å². The Labute approximate surface area is 221 Å². The number of nitrogens with one attached hydrogen (secondary N) is 3. The Morgan fingerprint density at radius 3 is 2.69 bits per heavy atom. The summed E-state index contributed by atoms with van der Waals surface area (Å²) in [7, 11) is 0. The number of aromatic nitrogens is 6. The van der Waals surface area contributed by atoms with E-state index in [4.69, 9.17) is 9.97 Å². The van der Waals surface area contributed by atoms with Gasteiger partial charge in [-0.25, -0.2) is 14.4 Å². The maximum atomic E-state index is 14.0. The van der Waals surface area contributed by atoms with E-state index in [1.807, 2.05) is 36.4 Å². The SMILES string of the molecule is O=C(Nc1cncc(-c2ccc3[nH]nc(-c4nc5c(-c6cc(O)cc(F)c6)cccc5[nH]4)c3n2)c1)C1CCC1. The summed E-state index contributed by atoms with van der Waals surface area (Å²) in [5.41, 5.74) is 6.46. The van der Waals surface area contributed by atoms with Crippen LogP contribution in [0, 0.1) is 11.7 Å². The molecule has 4 N–H and O–H groups in total. The van der Waals surface area contributed by atoms with Crippen LogP contribution in [0.3, 0.4) is 0 Å². The number of nitrogens with zero attached hydrogens (tertiary/aromatic N) is 4. The third-order valence-electron chi connectivity index (χ3n) is 7.12. The Morgan fingerprint density at radius 2 is 1.87 bits per heavy atom. The van der Waals surface area contributed by atoms with E-state index in [9.17, 15) is 14.3 Å². The zero-order valence-electron chi connectivity index (χ0n) is 20.6. The molecular weight excluding hydrogens is 497 g/mol. The van der Waals surface area contributed by atoms with Gasteiger partial charge in [0.25, 0.3) is 0 Å². The van der Waals surface area contributed by atoms with Gasteiger partial charge in [0.1, 0.15) is 17.1 Å². The maximum Gasteiger partial charge on any atom is 0.227 e. The molecule has 39 heavy (non-hydrogen) atoms. The van der Waals surface area contributed by atoms with Crippen LogP contribution in [0.1, 0.15) is 19.3 Å². The third-order valence-corrected chi connectivity index (χ3v) is 7.12. The number of imidazole rings is 1. The zero-order chi connectivity index (χ0) is 26.5. The number of anilines is 1. The lowest BCUT2D eigenvalue weighted by atomic mass is 9.85. The molecule has 0 saturated heterocycles. The first-order valence-electron chi connectivity index (χ1n) is 12.6. The van der Waals surface area contributed by atoms with Crippen molar-refractivity contribution in [3.05, 3.63) is 72.8 Å². The number of pyridine rings is 2. The molecular formula is C29H22FN7O2. The molecule has 4 aromatic heterocycles. The number of carbonyl (C=O) groups is 1. The topological polar surface area (TPSA) is 132 Å². The number of phenols is 1. The fourth-order valence-corrected chi connectivity index (χ4v) is 4.89. The molecule has 0 aliphatic heterocycles. The first-order chi connectivity index (χ1) is 19.0. The number of fused-ring (bicyclic) bond motifs is 2. The first-order valence-corrected chi connectivity index (χ1v) is 12.6. The minimum absolute atomic E-state index is 0.0263. The van der Waals surface area contributed by atoms with Crippen molar-refractivity contribution in [2.45, 2.75) is 19.3 Å². The lowest BCUT2D eigenvalue weighted by Gasteiger charge is -2.24. The highest BCUT2D eigenvalue weighted by atomic mass is 19.1. The summed E-state index contributed by atoms with van der Waals surface area (Å²) in [4.78, 5) is 29.6. The Kier molecular flexibility index (Phi) is 5.32. The van der Waals surface area contributed by atoms with Gasteiger partial charge in [-0.05, 0) is 54.8 Å². The van der Waals surface area contributed by atoms with Gasteiger partial charge in [-0.2, -0.15) is 5.10 Å². The molecule has 1 aliphatic rings. The monoisotopic (exact) mass is 519 g/mol. The van der Waals surface area contributed by atoms with Gasteiger partial charge in [0, 0.05) is 29.3 Å². The molecule has 0 bridgehead atoms. The number of aromatic hydroxyl groups is 1. The fraction of sp³-hybridized carbons (Fsp3) is 0.138. The van der Waals surface area contributed by atoms with Crippen LogP contribution in [-0.4, -0.2) is 41.1 Å². The van der Waals surface area contributed by atoms with Gasteiger partial charge >= 0.3 is 0 Å². The number of para-hydroxylation sites is 1. The number of carbonyl (C=O) groups excluding carboxylic acids is 1. The average molecular weight is 520 g/mol. The number of phenolic OH excluding ortho intramolecular Hbond substituents is 1. The van der Waals surface area contributed by atoms with Crippen LogP contribution >= 0.6 is 0 Å². The summed E-state index contributed by atoms with van der Waals surface area (Å²) in [5, 5.41) is 20.3. The predicted molar refractivity (Wildman–Crippen MR) is 145 cm³/mol. The summed E-state index contributed by atoms with van der Waals surface area (Å²) < 4.78 is 14.0. The normalized spacial score (nSPS) is 13.6. The molecule has 1 amide bonds. The second-order valence-electron chi connectivity index (χ2n) is 9.73. The smallest absolute Gasteiger partial charge is 0.227 e. The van der Waals surface area contributed by atoms with Crippen molar-refractivity contribution in [1.29, 1.82) is 0 Å². The minimum Gasteiger partial charge on any atom is -0.508 e. The van der Waals surface area contributed by atoms with Crippen molar-refractivity contribution >= 4 is 33.7 Å². The number of hydrogen-bond donors (Lipinski definition) is 4. The Morgan fingerprint density at radius 1 is 0.974 bits per heavy atom. The van der Waals surface area contributed by atoms with Gasteiger partial charge < -0.3 is 15.4 Å². The van der Waals surface area contributed by atoms with Crippen LogP contribution in [0.2, 0.25) is 0 Å². The van der Waals surface area contributed by atoms with Crippen LogP contribution in [-0.2, 0) is 4.79 Å². The Bertz CT molecular complexity index is 1870. The molecule has 0 radical (unpaired) electrons. The standard InChI is InChI=1S/C29H22FN7O2/c30-18-9-16(11-20(38)12-18)21-5-2-6-23-25(21)35-28(34-23)27-26-24(36-37-27)8-7-22(33-26)17-10-19(14-31-13-17)32-29(39)15-3-1-4-15/h2,5-15,38H,1,3-4H2,(H,32,39)(H,34,35)(H,36,37). The molecule has 0 unspecified atom stereocenters. The largest absolute Gasteiger partial charge is 0.508 e. The molecule has 192 valence electrons. The van der Waals surface area contributed by atoms with E-state index in [0.717, 1.165) is 41.9 Å². The van der Waals surface area contributed by atoms with Gasteiger partial charge in [-0.15, -0.1) is 0 Å². The quantitative estimate of drug-likeness (QED) is 0.227. The van der Waals surface area contributed by atoms with E-state index in [0.29, 0.717) is 45.1 Å². The van der Waals surface area contributed by atoms with Gasteiger partial charge in [0.15, 0.2) is 11.5 Å². The molecule has 7 rings (SSSR count). The van der Waals surface area contributed by atoms with Gasteiger partial charge in [-0.1, -0.05) is 18.6 Å². The second-order valence-corrected chi connectivity index (χ2v) is 9.73. The van der Waals surface area contributed by atoms with Crippen molar-refractivity contribution in [1.82, 2.24) is 30.1 Å². The van der Waals surface area contributed by atoms with E-state index < -0.39 is 5.82 Å². The molecule has 1 saturated carbocycles. The summed E-state index contributed by atoms with van der Waals surface area (Å²) in [6, 6.07) is 15.1. The molecule has 1 aliphatic carbocycles. The van der Waals surface area contributed by atoms with E-state index in [-0.39, 0.29) is 17.6 Å². The van der Waals surface area contributed by atoms with Crippen molar-refractivity contribution in [2.24, 2.45) is 5.92 Å². The molecule has 9 nitrogen and oxygen atoms in total.